The summed E-state index contributed by atoms with van der Waals surface area (Å²) in [6.45, 7) is 2.01. The molecular formula is C20H43O8P. The third-order valence-electron chi connectivity index (χ3n) is 3.75. The van der Waals surface area contributed by atoms with Crippen LogP contribution < -0.4 is 0 Å². The van der Waals surface area contributed by atoms with E-state index in [1.54, 1.807) is 0 Å². The topological polar surface area (TPSA) is 156 Å². The van der Waals surface area contributed by atoms with Gasteiger partial charge < -0.3 is 30.0 Å². The fraction of sp³-hybridized carbons (Fsp3) is 0.850. The van der Waals surface area contributed by atoms with Gasteiger partial charge in [-0.3, -0.25) is 4.79 Å². The van der Waals surface area contributed by atoms with Crippen LogP contribution in [0.2, 0.25) is 0 Å². The van der Waals surface area contributed by atoms with Crippen LogP contribution in [-0.2, 0) is 9.36 Å². The molecule has 0 atom stereocenters. The zero-order chi connectivity index (χ0) is 22.8. The maximum atomic E-state index is 10.3. The molecule has 0 fully saturated rings. The average molecular weight is 443 g/mol. The smallest absolute Gasteiger partial charge is 0.466 e. The fourth-order valence-corrected chi connectivity index (χ4v) is 2.35. The zero-order valence-electron chi connectivity index (χ0n) is 17.9. The molecule has 0 aliphatic rings. The normalized spacial score (nSPS) is 10.8. The predicted molar refractivity (Wildman–Crippen MR) is 116 cm³/mol. The predicted octanol–water partition coefficient (Wildman–Crippen LogP) is 4.15. The van der Waals surface area contributed by atoms with Crippen molar-refractivity contribution in [3.05, 3.63) is 12.2 Å². The number of unbranched alkanes of at least 4 members (excludes halogenated alkanes) is 11. The highest BCUT2D eigenvalue weighted by molar-refractivity contribution is 7.45. The summed E-state index contributed by atoms with van der Waals surface area (Å²) >= 11 is 0. The van der Waals surface area contributed by atoms with Crippen LogP contribution in [0.3, 0.4) is 0 Å². The van der Waals surface area contributed by atoms with Crippen LogP contribution in [0.15, 0.2) is 12.2 Å². The summed E-state index contributed by atoms with van der Waals surface area (Å²) in [5.74, 6) is -0.664. The number of hydrogen-bond donors (Lipinski definition) is 6. The van der Waals surface area contributed by atoms with Gasteiger partial charge in [0.05, 0.1) is 13.2 Å². The quantitative estimate of drug-likeness (QED) is 0.118. The van der Waals surface area contributed by atoms with Crippen LogP contribution in [-0.4, -0.2) is 49.2 Å². The lowest BCUT2D eigenvalue weighted by Crippen LogP contribution is -1.93. The molecule has 0 spiro atoms. The van der Waals surface area contributed by atoms with Crippen molar-refractivity contribution in [2.45, 2.75) is 96.8 Å². The number of phosphoric acid groups is 1. The van der Waals surface area contributed by atoms with Gasteiger partial charge >= 0.3 is 13.8 Å². The molecule has 0 unspecified atom stereocenters. The largest absolute Gasteiger partial charge is 0.481 e. The van der Waals surface area contributed by atoms with Gasteiger partial charge in [0.2, 0.25) is 0 Å². The first-order valence-corrected chi connectivity index (χ1v) is 12.1. The molecule has 29 heavy (non-hydrogen) atoms. The van der Waals surface area contributed by atoms with Gasteiger partial charge in [0, 0.05) is 6.42 Å². The first-order valence-electron chi connectivity index (χ1n) is 10.6. The minimum absolute atomic E-state index is 0.125. The molecule has 0 rings (SSSR count). The summed E-state index contributed by atoms with van der Waals surface area (Å²) in [5.41, 5.74) is 0. The van der Waals surface area contributed by atoms with E-state index < -0.39 is 13.8 Å². The van der Waals surface area contributed by atoms with Gasteiger partial charge in [-0.25, -0.2) is 4.57 Å². The van der Waals surface area contributed by atoms with E-state index >= 15 is 0 Å². The van der Waals surface area contributed by atoms with Gasteiger partial charge in [0.15, 0.2) is 0 Å². The molecule has 0 aromatic carbocycles. The van der Waals surface area contributed by atoms with E-state index in [2.05, 4.69) is 19.1 Å². The van der Waals surface area contributed by atoms with Crippen molar-refractivity contribution in [3.8, 4) is 0 Å². The van der Waals surface area contributed by atoms with E-state index in [9.17, 15) is 4.79 Å². The molecule has 0 aromatic heterocycles. The fourth-order valence-electron chi connectivity index (χ4n) is 2.35. The van der Waals surface area contributed by atoms with Crippen LogP contribution in [0.1, 0.15) is 96.8 Å². The van der Waals surface area contributed by atoms with Crippen molar-refractivity contribution in [2.24, 2.45) is 0 Å². The maximum Gasteiger partial charge on any atom is 0.466 e. The molecule has 0 amide bonds. The van der Waals surface area contributed by atoms with E-state index in [1.807, 2.05) is 0 Å². The number of allylic oxidation sites excluding steroid dienone is 2. The number of aliphatic hydroxyl groups excluding tert-OH is 2. The van der Waals surface area contributed by atoms with Gasteiger partial charge in [-0.05, 0) is 32.1 Å². The minimum atomic E-state index is -4.64. The summed E-state index contributed by atoms with van der Waals surface area (Å²) in [6, 6.07) is 0. The second kappa shape index (κ2) is 27.2. The monoisotopic (exact) mass is 442 g/mol. The van der Waals surface area contributed by atoms with Gasteiger partial charge in [0.1, 0.15) is 0 Å². The number of rotatable bonds is 16. The molecule has 0 aliphatic heterocycles. The summed E-state index contributed by atoms with van der Waals surface area (Å²) in [5, 5.41) is 23.8. The Balaban J connectivity index is -0.000000623. The molecule has 0 aromatic rings. The van der Waals surface area contributed by atoms with Gasteiger partial charge in [-0.1, -0.05) is 70.4 Å². The number of carbonyl (C=O) groups is 1. The highest BCUT2D eigenvalue weighted by atomic mass is 31.2. The number of carboxylic acid groups (broad SMARTS) is 1. The molecule has 0 radical (unpaired) electrons. The van der Waals surface area contributed by atoms with Crippen molar-refractivity contribution >= 4 is 13.8 Å². The first-order chi connectivity index (χ1) is 13.7. The Bertz CT molecular complexity index is 386. The number of aliphatic carboxylic acids is 1. The molecule has 0 heterocycles. The lowest BCUT2D eigenvalue weighted by Gasteiger charge is -1.99. The van der Waals surface area contributed by atoms with Gasteiger partial charge in [0.25, 0.3) is 0 Å². The van der Waals surface area contributed by atoms with Crippen molar-refractivity contribution < 1.29 is 39.4 Å². The second-order valence-corrected chi connectivity index (χ2v) is 7.72. The molecule has 0 aliphatic carbocycles. The van der Waals surface area contributed by atoms with Crippen molar-refractivity contribution in [2.75, 3.05) is 13.2 Å². The molecular weight excluding hydrogens is 399 g/mol. The summed E-state index contributed by atoms with van der Waals surface area (Å²) in [7, 11) is -4.64. The first kappa shape index (κ1) is 32.9. The minimum Gasteiger partial charge on any atom is -0.481 e. The standard InChI is InChI=1S/C18H34O2.C2H6O2.H3O4P/c1-2-3-4-5-6-7-8-9-10-11-12-13-14-15-16-17-18(19)20;3-1-2-4;1-5(2,3)4/h9-10H,2-8,11-17H2,1H3,(H,19,20);3-4H,1-2H2;(H3,1,2,3,4)/b10-9-;;. The van der Waals surface area contributed by atoms with Crippen molar-refractivity contribution in [1.29, 1.82) is 0 Å². The third kappa shape index (κ3) is 58.4. The SMILES string of the molecule is CCCCCCCC/C=C\CCCCCCCC(=O)O.O=P(O)(O)O.OCCO. The highest BCUT2D eigenvalue weighted by Crippen LogP contribution is 2.25. The van der Waals surface area contributed by atoms with Crippen LogP contribution in [0.25, 0.3) is 0 Å². The summed E-state index contributed by atoms with van der Waals surface area (Å²) in [4.78, 5) is 31.9. The molecule has 0 bridgehead atoms. The number of aliphatic hydroxyl groups is 2. The number of hydrogen-bond acceptors (Lipinski definition) is 4. The van der Waals surface area contributed by atoms with Gasteiger partial charge in [-0.2, -0.15) is 0 Å². The van der Waals surface area contributed by atoms with Crippen molar-refractivity contribution in [3.63, 3.8) is 0 Å². The zero-order valence-corrected chi connectivity index (χ0v) is 18.8. The van der Waals surface area contributed by atoms with Crippen LogP contribution in [0, 0.1) is 0 Å². The Morgan fingerprint density at radius 3 is 1.41 bits per heavy atom. The lowest BCUT2D eigenvalue weighted by molar-refractivity contribution is -0.137. The second-order valence-electron chi connectivity index (χ2n) is 6.69. The Hall–Kier alpha value is -0.760. The average Bonchev–Trinajstić information content (AvgIpc) is 2.63. The number of carboxylic acids is 1. The van der Waals surface area contributed by atoms with E-state index in [0.29, 0.717) is 6.42 Å². The van der Waals surface area contributed by atoms with E-state index in [0.717, 1.165) is 12.8 Å². The molecule has 6 N–H and O–H groups in total. The van der Waals surface area contributed by atoms with E-state index in [4.69, 9.17) is 34.6 Å². The Morgan fingerprint density at radius 1 is 0.724 bits per heavy atom. The van der Waals surface area contributed by atoms with E-state index in [-0.39, 0.29) is 13.2 Å². The molecule has 0 saturated heterocycles. The highest BCUT2D eigenvalue weighted by Gasteiger charge is 2.00. The van der Waals surface area contributed by atoms with Gasteiger partial charge in [-0.15, -0.1) is 0 Å². The maximum absolute atomic E-state index is 10.3. The Morgan fingerprint density at radius 2 is 1.07 bits per heavy atom. The van der Waals surface area contributed by atoms with Crippen LogP contribution in [0.4, 0.5) is 0 Å². The van der Waals surface area contributed by atoms with Crippen molar-refractivity contribution in [1.82, 2.24) is 0 Å². The third-order valence-corrected chi connectivity index (χ3v) is 3.75. The molecule has 0 saturated carbocycles. The molecule has 176 valence electrons. The summed E-state index contributed by atoms with van der Waals surface area (Å²) < 4.78 is 8.88. The van der Waals surface area contributed by atoms with E-state index in [1.165, 1.54) is 70.6 Å². The Labute approximate surface area is 175 Å². The molecule has 8 nitrogen and oxygen atoms in total. The molecule has 9 heteroatoms. The lowest BCUT2D eigenvalue weighted by atomic mass is 10.1. The summed E-state index contributed by atoms with van der Waals surface area (Å²) in [6.07, 6.45) is 21.2. The van der Waals surface area contributed by atoms with Crippen LogP contribution >= 0.6 is 7.82 Å². The Kier molecular flexibility index (Phi) is 30.9. The van der Waals surface area contributed by atoms with Crippen LogP contribution in [0.5, 0.6) is 0 Å².